The summed E-state index contributed by atoms with van der Waals surface area (Å²) in [7, 11) is 0. The molecule has 0 spiro atoms. The van der Waals surface area contributed by atoms with Crippen LogP contribution < -0.4 is 16.4 Å². The van der Waals surface area contributed by atoms with E-state index in [9.17, 15) is 4.79 Å². The molecule has 0 radical (unpaired) electrons. The molecule has 1 amide bonds. The van der Waals surface area contributed by atoms with Crippen LogP contribution in [0.4, 0.5) is 5.69 Å². The molecule has 2 fully saturated rings. The second-order valence-electron chi connectivity index (χ2n) is 6.15. The lowest BCUT2D eigenvalue weighted by Crippen LogP contribution is -2.42. The van der Waals surface area contributed by atoms with Gasteiger partial charge in [-0.15, -0.1) is 0 Å². The van der Waals surface area contributed by atoms with Gasteiger partial charge in [-0.3, -0.25) is 4.79 Å². The van der Waals surface area contributed by atoms with Crippen LogP contribution in [0.1, 0.15) is 29.6 Å². The molecule has 0 saturated carbocycles. The van der Waals surface area contributed by atoms with E-state index < -0.39 is 0 Å². The van der Waals surface area contributed by atoms with Gasteiger partial charge < -0.3 is 16.4 Å². The zero-order chi connectivity index (χ0) is 14.4. The number of nitrogens with two attached hydrogens (primary N) is 1. The van der Waals surface area contributed by atoms with Crippen molar-refractivity contribution in [3.8, 4) is 0 Å². The van der Waals surface area contributed by atoms with Gasteiger partial charge in [0.2, 0.25) is 0 Å². The number of hydrogen-bond donors (Lipinski definition) is 3. The van der Waals surface area contributed by atoms with Crippen molar-refractivity contribution in [2.24, 2.45) is 0 Å². The van der Waals surface area contributed by atoms with Gasteiger partial charge in [0.1, 0.15) is 0 Å². The van der Waals surface area contributed by atoms with Gasteiger partial charge in [0.25, 0.3) is 5.91 Å². The maximum absolute atomic E-state index is 12.5. The van der Waals surface area contributed by atoms with Crippen molar-refractivity contribution >= 4 is 22.4 Å². The smallest absolute Gasteiger partial charge is 0.251 e. The van der Waals surface area contributed by atoms with Gasteiger partial charge in [0.15, 0.2) is 0 Å². The molecule has 2 aliphatic rings. The van der Waals surface area contributed by atoms with E-state index in [2.05, 4.69) is 10.6 Å². The fourth-order valence-electron chi connectivity index (χ4n) is 3.67. The number of rotatable bonds is 2. The fraction of sp³-hybridized carbons (Fsp3) is 0.353. The predicted molar refractivity (Wildman–Crippen MR) is 84.2 cm³/mol. The number of fused-ring (bicyclic) bond motifs is 3. The molecule has 0 aromatic heterocycles. The van der Waals surface area contributed by atoms with Crippen LogP contribution in [0.15, 0.2) is 36.4 Å². The quantitative estimate of drug-likeness (QED) is 0.738. The van der Waals surface area contributed by atoms with Gasteiger partial charge in [0.05, 0.1) is 0 Å². The number of nitrogen functional groups attached to an aromatic ring is 1. The molecule has 21 heavy (non-hydrogen) atoms. The van der Waals surface area contributed by atoms with Crippen molar-refractivity contribution < 1.29 is 4.79 Å². The lowest BCUT2D eigenvalue weighted by molar-refractivity contribution is 0.0931. The first-order chi connectivity index (χ1) is 10.2. The number of amides is 1. The lowest BCUT2D eigenvalue weighted by Gasteiger charge is -2.21. The van der Waals surface area contributed by atoms with Crippen LogP contribution in [0, 0.1) is 0 Å². The second-order valence-corrected chi connectivity index (χ2v) is 6.15. The molecule has 4 nitrogen and oxygen atoms in total. The van der Waals surface area contributed by atoms with Crippen LogP contribution in [-0.4, -0.2) is 24.0 Å². The summed E-state index contributed by atoms with van der Waals surface area (Å²) in [4.78, 5) is 12.5. The molecule has 108 valence electrons. The molecule has 3 atom stereocenters. The van der Waals surface area contributed by atoms with E-state index in [1.54, 1.807) is 0 Å². The Bertz CT molecular complexity index is 712. The Hall–Kier alpha value is -2.07. The van der Waals surface area contributed by atoms with Gasteiger partial charge in [-0.1, -0.05) is 18.2 Å². The molecule has 2 aromatic rings. The SMILES string of the molecule is Nc1cccc2ccc(C(=O)NC3CC4CCC3N4)cc12. The average Bonchev–Trinajstić information content (AvgIpc) is 3.10. The minimum Gasteiger partial charge on any atom is -0.398 e. The third kappa shape index (κ3) is 2.16. The standard InChI is InChI=1S/C17H19N3O/c18-14-3-1-2-10-4-5-11(8-13(10)14)17(21)20-16-9-12-6-7-15(16)19-12/h1-5,8,12,15-16,19H,6-7,9,18H2,(H,20,21). The van der Waals surface area contributed by atoms with Crippen LogP contribution in [0.5, 0.6) is 0 Å². The highest BCUT2D eigenvalue weighted by atomic mass is 16.1. The van der Waals surface area contributed by atoms with Crippen LogP contribution in [0.25, 0.3) is 10.8 Å². The Labute approximate surface area is 123 Å². The van der Waals surface area contributed by atoms with Gasteiger partial charge in [-0.2, -0.15) is 0 Å². The first-order valence-electron chi connectivity index (χ1n) is 7.56. The van der Waals surface area contributed by atoms with Crippen molar-refractivity contribution in [2.75, 3.05) is 5.73 Å². The molecular weight excluding hydrogens is 262 g/mol. The molecule has 4 heteroatoms. The minimum absolute atomic E-state index is 0.000460. The van der Waals surface area contributed by atoms with E-state index in [4.69, 9.17) is 5.73 Å². The first-order valence-corrected chi connectivity index (χ1v) is 7.56. The highest BCUT2D eigenvalue weighted by Crippen LogP contribution is 2.28. The van der Waals surface area contributed by atoms with Crippen LogP contribution in [0.3, 0.4) is 0 Å². The first kappa shape index (κ1) is 12.7. The van der Waals surface area contributed by atoms with E-state index in [1.165, 1.54) is 12.8 Å². The van der Waals surface area contributed by atoms with E-state index in [-0.39, 0.29) is 11.9 Å². The third-order valence-corrected chi connectivity index (χ3v) is 4.79. The normalized spacial score (nSPS) is 27.1. The molecular formula is C17H19N3O. The van der Waals surface area contributed by atoms with Gasteiger partial charge in [-0.25, -0.2) is 0 Å². The molecule has 4 N–H and O–H groups in total. The number of anilines is 1. The van der Waals surface area contributed by atoms with Gasteiger partial charge in [-0.05, 0) is 42.8 Å². The molecule has 4 rings (SSSR count). The van der Waals surface area contributed by atoms with Gasteiger partial charge in [0, 0.05) is 34.8 Å². The molecule has 2 aliphatic heterocycles. The van der Waals surface area contributed by atoms with Crippen LogP contribution in [0.2, 0.25) is 0 Å². The summed E-state index contributed by atoms with van der Waals surface area (Å²) in [6.45, 7) is 0. The summed E-state index contributed by atoms with van der Waals surface area (Å²) in [5.41, 5.74) is 7.39. The van der Waals surface area contributed by atoms with Crippen LogP contribution in [-0.2, 0) is 0 Å². The zero-order valence-corrected chi connectivity index (χ0v) is 11.8. The molecule has 2 heterocycles. The van der Waals surface area contributed by atoms with Crippen molar-refractivity contribution in [3.05, 3.63) is 42.0 Å². The van der Waals surface area contributed by atoms with Gasteiger partial charge >= 0.3 is 0 Å². The average molecular weight is 281 g/mol. The number of carbonyl (C=O) groups is 1. The number of hydrogen-bond acceptors (Lipinski definition) is 3. The molecule has 2 saturated heterocycles. The summed E-state index contributed by atoms with van der Waals surface area (Å²) < 4.78 is 0. The minimum atomic E-state index is -0.000460. The lowest BCUT2D eigenvalue weighted by atomic mass is 9.95. The number of carbonyl (C=O) groups excluding carboxylic acids is 1. The highest BCUT2D eigenvalue weighted by Gasteiger charge is 2.39. The van der Waals surface area contributed by atoms with Crippen molar-refractivity contribution in [1.82, 2.24) is 10.6 Å². The highest BCUT2D eigenvalue weighted by molar-refractivity contribution is 6.01. The van der Waals surface area contributed by atoms with Crippen molar-refractivity contribution in [1.29, 1.82) is 0 Å². The van der Waals surface area contributed by atoms with E-state index in [0.717, 1.165) is 17.2 Å². The Kier molecular flexibility index (Phi) is 2.86. The van der Waals surface area contributed by atoms with Crippen LogP contribution >= 0.6 is 0 Å². The maximum Gasteiger partial charge on any atom is 0.251 e. The summed E-state index contributed by atoms with van der Waals surface area (Å²) >= 11 is 0. The Morgan fingerprint density at radius 1 is 1.24 bits per heavy atom. The third-order valence-electron chi connectivity index (χ3n) is 4.79. The molecule has 2 bridgehead atoms. The Morgan fingerprint density at radius 2 is 2.14 bits per heavy atom. The number of benzene rings is 2. The fourth-order valence-corrected chi connectivity index (χ4v) is 3.67. The second kappa shape index (κ2) is 4.74. The molecule has 3 unspecified atom stereocenters. The summed E-state index contributed by atoms with van der Waals surface area (Å²) in [6.07, 6.45) is 3.45. The summed E-state index contributed by atoms with van der Waals surface area (Å²) in [5, 5.41) is 8.71. The topological polar surface area (TPSA) is 67.2 Å². The summed E-state index contributed by atoms with van der Waals surface area (Å²) in [6, 6.07) is 12.8. The van der Waals surface area contributed by atoms with E-state index >= 15 is 0 Å². The Morgan fingerprint density at radius 3 is 2.90 bits per heavy atom. The predicted octanol–water partition coefficient (Wildman–Crippen LogP) is 2.04. The number of nitrogens with one attached hydrogen (secondary N) is 2. The summed E-state index contributed by atoms with van der Waals surface area (Å²) in [5.74, 6) is -0.000460. The van der Waals surface area contributed by atoms with E-state index in [1.807, 2.05) is 36.4 Å². The Balaban J connectivity index is 1.58. The van der Waals surface area contributed by atoms with Crippen molar-refractivity contribution in [3.63, 3.8) is 0 Å². The molecule has 0 aliphatic carbocycles. The zero-order valence-electron chi connectivity index (χ0n) is 11.8. The maximum atomic E-state index is 12.5. The van der Waals surface area contributed by atoms with Crippen molar-refractivity contribution in [2.45, 2.75) is 37.4 Å². The largest absolute Gasteiger partial charge is 0.398 e. The molecule has 2 aromatic carbocycles. The van der Waals surface area contributed by atoms with E-state index in [0.29, 0.717) is 23.3 Å². The monoisotopic (exact) mass is 281 g/mol.